The second-order valence-corrected chi connectivity index (χ2v) is 6.13. The van der Waals surface area contributed by atoms with Gasteiger partial charge in [0.15, 0.2) is 4.77 Å². The van der Waals surface area contributed by atoms with Gasteiger partial charge in [0.25, 0.3) is 0 Å². The van der Waals surface area contributed by atoms with Crippen LogP contribution in [-0.2, 0) is 11.3 Å². The van der Waals surface area contributed by atoms with Gasteiger partial charge in [-0.25, -0.2) is 4.39 Å². The first-order chi connectivity index (χ1) is 9.56. The van der Waals surface area contributed by atoms with Crippen LogP contribution in [0.15, 0.2) is 16.6 Å². The zero-order chi connectivity index (χ0) is 14.3. The van der Waals surface area contributed by atoms with Gasteiger partial charge < -0.3 is 14.5 Å². The van der Waals surface area contributed by atoms with Crippen molar-refractivity contribution in [2.24, 2.45) is 0 Å². The number of benzene rings is 1. The number of fused-ring (bicyclic) bond motifs is 1. The van der Waals surface area contributed by atoms with E-state index >= 15 is 0 Å². The summed E-state index contributed by atoms with van der Waals surface area (Å²) >= 11 is 8.39. The van der Waals surface area contributed by atoms with Gasteiger partial charge in [-0.3, -0.25) is 4.79 Å². The third-order valence-corrected chi connectivity index (χ3v) is 4.50. The summed E-state index contributed by atoms with van der Waals surface area (Å²) in [7, 11) is 0. The Bertz CT molecular complexity index is 733. The maximum absolute atomic E-state index is 13.5. The predicted molar refractivity (Wildman–Crippen MR) is 80.6 cm³/mol. The molecule has 4 nitrogen and oxygen atoms in total. The Morgan fingerprint density at radius 1 is 1.40 bits per heavy atom. The number of aromatic nitrogens is 2. The summed E-state index contributed by atoms with van der Waals surface area (Å²) in [6.07, 6.45) is 2.11. The Morgan fingerprint density at radius 3 is 2.80 bits per heavy atom. The Morgan fingerprint density at radius 2 is 2.10 bits per heavy atom. The Labute approximate surface area is 128 Å². The fourth-order valence-electron chi connectivity index (χ4n) is 2.51. The van der Waals surface area contributed by atoms with E-state index in [4.69, 9.17) is 12.2 Å². The molecule has 1 amide bonds. The minimum Gasteiger partial charge on any atom is -0.341 e. The smallest absolute Gasteiger partial charge is 0.242 e. The summed E-state index contributed by atoms with van der Waals surface area (Å²) in [5.74, 6) is -0.299. The lowest BCUT2D eigenvalue weighted by Crippen LogP contribution is -2.31. The number of imidazole rings is 1. The highest BCUT2D eigenvalue weighted by Crippen LogP contribution is 2.23. The fraction of sp³-hybridized carbons (Fsp3) is 0.385. The van der Waals surface area contributed by atoms with E-state index in [-0.39, 0.29) is 18.3 Å². The molecule has 1 fully saturated rings. The van der Waals surface area contributed by atoms with E-state index < -0.39 is 0 Å². The van der Waals surface area contributed by atoms with E-state index in [1.165, 1.54) is 6.07 Å². The van der Waals surface area contributed by atoms with E-state index in [0.29, 0.717) is 14.8 Å². The van der Waals surface area contributed by atoms with E-state index in [1.807, 2.05) is 4.90 Å². The van der Waals surface area contributed by atoms with Crippen LogP contribution < -0.4 is 0 Å². The summed E-state index contributed by atoms with van der Waals surface area (Å²) in [4.78, 5) is 17.0. The highest BCUT2D eigenvalue weighted by atomic mass is 79.9. The van der Waals surface area contributed by atoms with Crippen molar-refractivity contribution in [1.29, 1.82) is 0 Å². The molecular weight excluding hydrogens is 345 g/mol. The highest BCUT2D eigenvalue weighted by molar-refractivity contribution is 9.10. The maximum Gasteiger partial charge on any atom is 0.242 e. The average Bonchev–Trinajstić information content (AvgIpc) is 3.01. The zero-order valence-electron chi connectivity index (χ0n) is 10.7. The number of carbonyl (C=O) groups excluding carboxylic acids is 1. The SMILES string of the molecule is O=C(Cn1c(=S)[nH]c2cc(F)c(Br)cc21)N1CCCC1. The molecule has 2 heterocycles. The molecule has 2 aromatic rings. The molecule has 1 aliphatic rings. The van der Waals surface area contributed by atoms with Gasteiger partial charge in [-0.1, -0.05) is 0 Å². The average molecular weight is 358 g/mol. The normalized spacial score (nSPS) is 15.2. The van der Waals surface area contributed by atoms with Crippen molar-refractivity contribution in [1.82, 2.24) is 14.5 Å². The topological polar surface area (TPSA) is 41.0 Å². The third-order valence-electron chi connectivity index (χ3n) is 3.57. The lowest BCUT2D eigenvalue weighted by atomic mass is 10.3. The van der Waals surface area contributed by atoms with Crippen LogP contribution in [-0.4, -0.2) is 33.4 Å². The number of aromatic amines is 1. The second kappa shape index (κ2) is 5.29. The van der Waals surface area contributed by atoms with Crippen LogP contribution in [0.3, 0.4) is 0 Å². The number of nitrogens with zero attached hydrogens (tertiary/aromatic N) is 2. The van der Waals surface area contributed by atoms with E-state index in [0.717, 1.165) is 31.4 Å². The first kappa shape index (κ1) is 13.8. The predicted octanol–water partition coefficient (Wildman–Crippen LogP) is 3.22. The Kier molecular flexibility index (Phi) is 3.64. The zero-order valence-corrected chi connectivity index (χ0v) is 13.1. The van der Waals surface area contributed by atoms with Crippen molar-refractivity contribution < 1.29 is 9.18 Å². The molecule has 0 unspecified atom stereocenters. The van der Waals surface area contributed by atoms with Gasteiger partial charge in [0.05, 0.1) is 15.5 Å². The number of H-pyrrole nitrogens is 1. The van der Waals surface area contributed by atoms with E-state index in [2.05, 4.69) is 20.9 Å². The van der Waals surface area contributed by atoms with Crippen molar-refractivity contribution in [2.75, 3.05) is 13.1 Å². The van der Waals surface area contributed by atoms with E-state index in [9.17, 15) is 9.18 Å². The van der Waals surface area contributed by atoms with Crippen molar-refractivity contribution in [3.8, 4) is 0 Å². The Balaban J connectivity index is 1.98. The number of amides is 1. The molecule has 20 heavy (non-hydrogen) atoms. The first-order valence-corrected chi connectivity index (χ1v) is 7.62. The van der Waals surface area contributed by atoms with Gasteiger partial charge in [0.1, 0.15) is 12.4 Å². The van der Waals surface area contributed by atoms with Gasteiger partial charge in [-0.2, -0.15) is 0 Å². The van der Waals surface area contributed by atoms with Crippen molar-refractivity contribution in [2.45, 2.75) is 19.4 Å². The molecule has 1 saturated heterocycles. The standard InChI is InChI=1S/C13H13BrFN3OS/c14-8-5-11-10(6-9(8)15)16-13(20)18(11)7-12(19)17-3-1-2-4-17/h5-6H,1-4,7H2,(H,16,20). The number of hydrogen-bond acceptors (Lipinski definition) is 2. The summed E-state index contributed by atoms with van der Waals surface area (Å²) in [6, 6.07) is 3.03. The lowest BCUT2D eigenvalue weighted by molar-refractivity contribution is -0.130. The lowest BCUT2D eigenvalue weighted by Gasteiger charge is -2.15. The molecule has 106 valence electrons. The molecule has 0 radical (unpaired) electrons. The number of hydrogen-bond donors (Lipinski definition) is 1. The molecular formula is C13H13BrFN3OS. The van der Waals surface area contributed by atoms with Crippen LogP contribution in [0, 0.1) is 10.6 Å². The van der Waals surface area contributed by atoms with Crippen molar-refractivity contribution in [3.05, 3.63) is 27.2 Å². The molecule has 1 aromatic carbocycles. The number of rotatable bonds is 2. The van der Waals surface area contributed by atoms with Gasteiger partial charge in [0.2, 0.25) is 5.91 Å². The molecule has 0 atom stereocenters. The number of likely N-dealkylation sites (tertiary alicyclic amines) is 1. The van der Waals surface area contributed by atoms with Gasteiger partial charge >= 0.3 is 0 Å². The summed E-state index contributed by atoms with van der Waals surface area (Å²) in [5, 5.41) is 0. The summed E-state index contributed by atoms with van der Waals surface area (Å²) in [6.45, 7) is 1.82. The number of halogens is 2. The molecule has 0 saturated carbocycles. The molecule has 7 heteroatoms. The summed E-state index contributed by atoms with van der Waals surface area (Å²) < 4.78 is 16.0. The largest absolute Gasteiger partial charge is 0.341 e. The second-order valence-electron chi connectivity index (χ2n) is 4.89. The molecule has 1 aliphatic heterocycles. The van der Waals surface area contributed by atoms with Crippen LogP contribution in [0.25, 0.3) is 11.0 Å². The monoisotopic (exact) mass is 357 g/mol. The van der Waals surface area contributed by atoms with Crippen LogP contribution in [0.1, 0.15) is 12.8 Å². The number of nitrogens with one attached hydrogen (secondary N) is 1. The van der Waals surface area contributed by atoms with Gasteiger partial charge in [-0.15, -0.1) is 0 Å². The minimum atomic E-state index is -0.355. The third kappa shape index (κ3) is 2.40. The summed E-state index contributed by atoms with van der Waals surface area (Å²) in [5.41, 5.74) is 1.33. The Hall–Kier alpha value is -1.21. The van der Waals surface area contributed by atoms with Crippen LogP contribution in [0.4, 0.5) is 4.39 Å². The highest BCUT2D eigenvalue weighted by Gasteiger charge is 2.19. The van der Waals surface area contributed by atoms with Crippen molar-refractivity contribution in [3.63, 3.8) is 0 Å². The molecule has 1 aromatic heterocycles. The fourth-order valence-corrected chi connectivity index (χ4v) is 3.11. The molecule has 0 aliphatic carbocycles. The van der Waals surface area contributed by atoms with Gasteiger partial charge in [0, 0.05) is 19.2 Å². The van der Waals surface area contributed by atoms with E-state index in [1.54, 1.807) is 10.6 Å². The van der Waals surface area contributed by atoms with Crippen LogP contribution >= 0.6 is 28.1 Å². The quantitative estimate of drug-likeness (QED) is 0.838. The molecule has 0 bridgehead atoms. The minimum absolute atomic E-state index is 0.0555. The van der Waals surface area contributed by atoms with Crippen molar-refractivity contribution >= 4 is 45.1 Å². The number of carbonyl (C=O) groups is 1. The first-order valence-electron chi connectivity index (χ1n) is 6.41. The maximum atomic E-state index is 13.5. The molecule has 0 spiro atoms. The molecule has 3 rings (SSSR count). The van der Waals surface area contributed by atoms with Crippen LogP contribution in [0.2, 0.25) is 0 Å². The molecule has 1 N–H and O–H groups in total. The van der Waals surface area contributed by atoms with Gasteiger partial charge in [-0.05, 0) is 47.1 Å². The van der Waals surface area contributed by atoms with Crippen LogP contribution in [0.5, 0.6) is 0 Å².